The van der Waals surface area contributed by atoms with E-state index in [0.717, 1.165) is 26.6 Å². The Morgan fingerprint density at radius 1 is 0.822 bits per heavy atom. The quantitative estimate of drug-likeness (QED) is 0.178. The Bertz CT molecular complexity index is 1710. The third kappa shape index (κ3) is 8.96. The summed E-state index contributed by atoms with van der Waals surface area (Å²) in [5, 5.41) is 3.38. The molecule has 0 aliphatic carbocycles. The van der Waals surface area contributed by atoms with Crippen molar-refractivity contribution in [3.05, 3.63) is 130 Å². The van der Waals surface area contributed by atoms with E-state index >= 15 is 0 Å². The summed E-state index contributed by atoms with van der Waals surface area (Å²) in [4.78, 5) is 29.9. The minimum Gasteiger partial charge on any atom is -0.354 e. The molecule has 1 unspecified atom stereocenters. The third-order valence-electron chi connectivity index (χ3n) is 7.44. The molecule has 0 aliphatic rings. The molecule has 0 heterocycles. The van der Waals surface area contributed by atoms with Gasteiger partial charge < -0.3 is 10.2 Å². The first-order chi connectivity index (χ1) is 21.5. The second-order valence-electron chi connectivity index (χ2n) is 11.6. The lowest BCUT2D eigenvalue weighted by Gasteiger charge is -2.34. The molecule has 0 saturated heterocycles. The minimum atomic E-state index is -4.19. The van der Waals surface area contributed by atoms with Gasteiger partial charge in [-0.1, -0.05) is 110 Å². The zero-order valence-corrected chi connectivity index (χ0v) is 27.7. The number of carbonyl (C=O) groups excluding carboxylic acids is 2. The lowest BCUT2D eigenvalue weighted by atomic mass is 10.0. The molecule has 4 aromatic carbocycles. The highest BCUT2D eigenvalue weighted by molar-refractivity contribution is 7.92. The van der Waals surface area contributed by atoms with Crippen LogP contribution in [0, 0.1) is 19.8 Å². The number of sulfonamides is 1. The summed E-state index contributed by atoms with van der Waals surface area (Å²) in [6, 6.07) is 29.2. The number of halogens is 1. The highest BCUT2D eigenvalue weighted by Crippen LogP contribution is 2.29. The van der Waals surface area contributed by atoms with Crippen LogP contribution in [0.4, 0.5) is 5.69 Å². The maximum absolute atomic E-state index is 14.5. The molecule has 0 aromatic heterocycles. The van der Waals surface area contributed by atoms with Crippen molar-refractivity contribution >= 4 is 39.1 Å². The van der Waals surface area contributed by atoms with Crippen molar-refractivity contribution in [1.29, 1.82) is 0 Å². The van der Waals surface area contributed by atoms with Gasteiger partial charge in [0, 0.05) is 24.5 Å². The highest BCUT2D eigenvalue weighted by atomic mass is 35.5. The van der Waals surface area contributed by atoms with Gasteiger partial charge in [0.25, 0.3) is 10.0 Å². The Balaban J connectivity index is 1.81. The number of carbonyl (C=O) groups is 2. The van der Waals surface area contributed by atoms with Crippen LogP contribution in [0.25, 0.3) is 0 Å². The fourth-order valence-corrected chi connectivity index (χ4v) is 6.57. The standard InChI is InChI=1S/C36H40ClN3O4S/c1-26(2)23-38-36(42)34(21-29-13-7-5-8-14-29)39(24-30-15-11-12-27(3)20-30)35(41)25-40(31-19-18-28(4)33(37)22-31)45(43,44)32-16-9-6-10-17-32/h5-20,22,26,34H,21,23-25H2,1-4H3,(H,38,42). The van der Waals surface area contributed by atoms with Crippen LogP contribution in [-0.2, 0) is 32.6 Å². The molecule has 1 atom stereocenters. The summed E-state index contributed by atoms with van der Waals surface area (Å²) < 4.78 is 29.3. The van der Waals surface area contributed by atoms with Crippen LogP contribution < -0.4 is 9.62 Å². The van der Waals surface area contributed by atoms with E-state index in [1.165, 1.54) is 17.0 Å². The van der Waals surface area contributed by atoms with Gasteiger partial charge >= 0.3 is 0 Å². The van der Waals surface area contributed by atoms with Crippen LogP contribution in [0.5, 0.6) is 0 Å². The normalized spacial score (nSPS) is 12.0. The molecular weight excluding hydrogens is 606 g/mol. The van der Waals surface area contributed by atoms with Crippen molar-refractivity contribution in [3.63, 3.8) is 0 Å². The van der Waals surface area contributed by atoms with Gasteiger partial charge in [0.05, 0.1) is 10.6 Å². The molecule has 0 spiro atoms. The van der Waals surface area contributed by atoms with E-state index in [1.807, 2.05) is 82.3 Å². The summed E-state index contributed by atoms with van der Waals surface area (Å²) in [5.41, 5.74) is 3.74. The Hall–Kier alpha value is -4.14. The van der Waals surface area contributed by atoms with Crippen LogP contribution in [-0.4, -0.2) is 44.3 Å². The maximum Gasteiger partial charge on any atom is 0.264 e. The fourth-order valence-electron chi connectivity index (χ4n) is 4.97. The molecule has 0 radical (unpaired) electrons. The first-order valence-corrected chi connectivity index (χ1v) is 16.8. The summed E-state index contributed by atoms with van der Waals surface area (Å²) >= 11 is 6.45. The summed E-state index contributed by atoms with van der Waals surface area (Å²) in [6.07, 6.45) is 0.254. The molecule has 4 aromatic rings. The number of aryl methyl sites for hydroxylation is 2. The highest BCUT2D eigenvalue weighted by Gasteiger charge is 2.34. The zero-order valence-electron chi connectivity index (χ0n) is 26.1. The number of benzene rings is 4. The summed E-state index contributed by atoms with van der Waals surface area (Å²) in [6.45, 7) is 7.80. The number of hydrogen-bond acceptors (Lipinski definition) is 4. The van der Waals surface area contributed by atoms with Crippen LogP contribution in [0.15, 0.2) is 108 Å². The van der Waals surface area contributed by atoms with Gasteiger partial charge in [0.1, 0.15) is 12.6 Å². The summed E-state index contributed by atoms with van der Waals surface area (Å²) in [5.74, 6) is -0.622. The van der Waals surface area contributed by atoms with Gasteiger partial charge in [0.15, 0.2) is 0 Å². The molecule has 0 aliphatic heterocycles. The van der Waals surface area contributed by atoms with Crippen molar-refractivity contribution in [2.45, 2.75) is 51.6 Å². The molecule has 9 heteroatoms. The number of anilines is 1. The number of rotatable bonds is 13. The lowest BCUT2D eigenvalue weighted by molar-refractivity contribution is -0.140. The average molecular weight is 646 g/mol. The number of amides is 2. The van der Waals surface area contributed by atoms with Crippen molar-refractivity contribution in [3.8, 4) is 0 Å². The van der Waals surface area contributed by atoms with E-state index in [-0.39, 0.29) is 35.4 Å². The predicted octanol–water partition coefficient (Wildman–Crippen LogP) is 6.56. The summed E-state index contributed by atoms with van der Waals surface area (Å²) in [7, 11) is -4.19. The van der Waals surface area contributed by atoms with E-state index in [4.69, 9.17) is 11.6 Å². The smallest absolute Gasteiger partial charge is 0.264 e. The van der Waals surface area contributed by atoms with Crippen molar-refractivity contribution in [1.82, 2.24) is 10.2 Å². The van der Waals surface area contributed by atoms with Crippen LogP contribution >= 0.6 is 11.6 Å². The SMILES string of the molecule is Cc1cccc(CN(C(=O)CN(c2ccc(C)c(Cl)c2)S(=O)(=O)c2ccccc2)C(Cc2ccccc2)C(=O)NCC(C)C)c1. The van der Waals surface area contributed by atoms with Gasteiger partial charge in [-0.15, -0.1) is 0 Å². The molecule has 2 amide bonds. The van der Waals surface area contributed by atoms with Gasteiger partial charge in [-0.3, -0.25) is 13.9 Å². The third-order valence-corrected chi connectivity index (χ3v) is 9.64. The van der Waals surface area contributed by atoms with Crippen molar-refractivity contribution in [2.75, 3.05) is 17.4 Å². The average Bonchev–Trinajstić information content (AvgIpc) is 3.02. The second-order valence-corrected chi connectivity index (χ2v) is 13.9. The predicted molar refractivity (Wildman–Crippen MR) is 181 cm³/mol. The van der Waals surface area contributed by atoms with Gasteiger partial charge in [-0.25, -0.2) is 8.42 Å². The lowest BCUT2D eigenvalue weighted by Crippen LogP contribution is -2.53. The topological polar surface area (TPSA) is 86.8 Å². The maximum atomic E-state index is 14.5. The van der Waals surface area contributed by atoms with E-state index in [2.05, 4.69) is 5.32 Å². The molecule has 0 fully saturated rings. The van der Waals surface area contributed by atoms with Gasteiger partial charge in [-0.05, 0) is 60.7 Å². The number of hydrogen-bond donors (Lipinski definition) is 1. The number of nitrogens with zero attached hydrogens (tertiary/aromatic N) is 2. The molecule has 0 saturated carbocycles. The van der Waals surface area contributed by atoms with Crippen LogP contribution in [0.3, 0.4) is 0 Å². The Morgan fingerprint density at radius 2 is 1.47 bits per heavy atom. The van der Waals surface area contributed by atoms with E-state index in [1.54, 1.807) is 36.4 Å². The van der Waals surface area contributed by atoms with Gasteiger partial charge in [-0.2, -0.15) is 0 Å². The molecule has 1 N–H and O–H groups in total. The Morgan fingerprint density at radius 3 is 2.09 bits per heavy atom. The van der Waals surface area contributed by atoms with Crippen LogP contribution in [0.2, 0.25) is 5.02 Å². The monoisotopic (exact) mass is 645 g/mol. The Labute approximate surface area is 271 Å². The second kappa shape index (κ2) is 15.2. The van der Waals surface area contributed by atoms with E-state index in [0.29, 0.717) is 11.6 Å². The molecular formula is C36H40ClN3O4S. The van der Waals surface area contributed by atoms with Crippen LogP contribution in [0.1, 0.15) is 36.1 Å². The number of nitrogens with one attached hydrogen (secondary N) is 1. The molecule has 45 heavy (non-hydrogen) atoms. The van der Waals surface area contributed by atoms with E-state index < -0.39 is 28.5 Å². The van der Waals surface area contributed by atoms with E-state index in [9.17, 15) is 18.0 Å². The van der Waals surface area contributed by atoms with Gasteiger partial charge in [0.2, 0.25) is 11.8 Å². The molecule has 7 nitrogen and oxygen atoms in total. The fraction of sp³-hybridized carbons (Fsp3) is 0.278. The molecule has 4 rings (SSSR count). The first kappa shape index (κ1) is 33.7. The largest absolute Gasteiger partial charge is 0.354 e. The molecule has 236 valence electrons. The minimum absolute atomic E-state index is 0.0373. The molecule has 0 bridgehead atoms. The van der Waals surface area contributed by atoms with Crippen molar-refractivity contribution in [2.24, 2.45) is 5.92 Å². The van der Waals surface area contributed by atoms with Crippen molar-refractivity contribution < 1.29 is 18.0 Å². The first-order valence-electron chi connectivity index (χ1n) is 15.0. The Kier molecular flexibility index (Phi) is 11.4. The zero-order chi connectivity index (χ0) is 32.6.